The number of aryl methyl sites for hydroxylation is 1. The van der Waals surface area contributed by atoms with Crippen molar-refractivity contribution in [1.82, 2.24) is 9.78 Å². The second kappa shape index (κ2) is 4.66. The van der Waals surface area contributed by atoms with E-state index in [-0.39, 0.29) is 0 Å². The molecule has 0 saturated carbocycles. The van der Waals surface area contributed by atoms with E-state index in [4.69, 9.17) is 10.5 Å². The van der Waals surface area contributed by atoms with Crippen molar-refractivity contribution < 1.29 is 4.74 Å². The van der Waals surface area contributed by atoms with Gasteiger partial charge in [-0.1, -0.05) is 0 Å². The lowest BCUT2D eigenvalue weighted by Gasteiger charge is -2.08. The summed E-state index contributed by atoms with van der Waals surface area (Å²) in [6, 6.07) is 0. The third-order valence-corrected chi connectivity index (χ3v) is 3.15. The van der Waals surface area contributed by atoms with Crippen molar-refractivity contribution in [2.75, 3.05) is 18.9 Å². The van der Waals surface area contributed by atoms with Crippen LogP contribution in [0.25, 0.3) is 0 Å². The summed E-state index contributed by atoms with van der Waals surface area (Å²) in [5, 5.41) is 4.24. The maximum absolute atomic E-state index is 5.73. The maximum Gasteiger partial charge on any atom is 0.0730 e. The second-order valence-corrected chi connectivity index (χ2v) is 4.28. The summed E-state index contributed by atoms with van der Waals surface area (Å²) < 4.78 is 7.34. The predicted octanol–water partition coefficient (Wildman–Crippen LogP) is 1.59. The van der Waals surface area contributed by atoms with E-state index in [1.807, 2.05) is 11.6 Å². The number of rotatable bonds is 4. The number of hydrogen-bond donors (Lipinski definition) is 1. The average molecular weight is 209 g/mol. The summed E-state index contributed by atoms with van der Waals surface area (Å²) in [5.74, 6) is 0.762. The molecule has 1 aliphatic heterocycles. The fourth-order valence-electron chi connectivity index (χ4n) is 2.03. The van der Waals surface area contributed by atoms with Crippen molar-refractivity contribution in [3.8, 4) is 0 Å². The van der Waals surface area contributed by atoms with Gasteiger partial charge in [0.05, 0.1) is 17.6 Å². The van der Waals surface area contributed by atoms with Crippen molar-refractivity contribution in [1.29, 1.82) is 0 Å². The molecule has 0 spiro atoms. The van der Waals surface area contributed by atoms with Gasteiger partial charge < -0.3 is 10.5 Å². The number of aromatic nitrogens is 2. The number of anilines is 1. The van der Waals surface area contributed by atoms with E-state index in [0.29, 0.717) is 0 Å². The SMILES string of the molecule is Cc1c(N)cnn1CCCC1CCOC1. The van der Waals surface area contributed by atoms with Crippen LogP contribution in [0.3, 0.4) is 0 Å². The van der Waals surface area contributed by atoms with Crippen LogP contribution < -0.4 is 5.73 Å². The standard InChI is InChI=1S/C11H19N3O/c1-9-11(12)7-13-14(9)5-2-3-10-4-6-15-8-10/h7,10H,2-6,8,12H2,1H3. The zero-order valence-electron chi connectivity index (χ0n) is 9.28. The van der Waals surface area contributed by atoms with Crippen LogP contribution in [0.5, 0.6) is 0 Å². The van der Waals surface area contributed by atoms with Crippen LogP contribution in [-0.4, -0.2) is 23.0 Å². The highest BCUT2D eigenvalue weighted by Crippen LogP contribution is 2.19. The lowest BCUT2D eigenvalue weighted by Crippen LogP contribution is -2.06. The van der Waals surface area contributed by atoms with Crippen LogP contribution in [0, 0.1) is 12.8 Å². The van der Waals surface area contributed by atoms with Crippen LogP contribution in [0.2, 0.25) is 0 Å². The van der Waals surface area contributed by atoms with E-state index in [1.54, 1.807) is 6.20 Å². The molecule has 1 fully saturated rings. The van der Waals surface area contributed by atoms with Crippen molar-refractivity contribution in [2.24, 2.45) is 5.92 Å². The molecule has 0 amide bonds. The van der Waals surface area contributed by atoms with Gasteiger partial charge in [-0.05, 0) is 32.1 Å². The Labute approximate surface area is 90.4 Å². The van der Waals surface area contributed by atoms with Crippen LogP contribution in [-0.2, 0) is 11.3 Å². The quantitative estimate of drug-likeness (QED) is 0.819. The molecule has 84 valence electrons. The highest BCUT2D eigenvalue weighted by Gasteiger charge is 2.15. The van der Waals surface area contributed by atoms with Gasteiger partial charge in [0, 0.05) is 19.8 Å². The van der Waals surface area contributed by atoms with Gasteiger partial charge in [-0.25, -0.2) is 0 Å². The Morgan fingerprint density at radius 3 is 3.13 bits per heavy atom. The first kappa shape index (κ1) is 10.5. The summed E-state index contributed by atoms with van der Waals surface area (Å²) in [6.07, 6.45) is 5.35. The lowest BCUT2D eigenvalue weighted by atomic mass is 10.0. The van der Waals surface area contributed by atoms with Crippen LogP contribution in [0.15, 0.2) is 6.20 Å². The lowest BCUT2D eigenvalue weighted by molar-refractivity contribution is 0.183. The van der Waals surface area contributed by atoms with Gasteiger partial charge in [0.25, 0.3) is 0 Å². The maximum atomic E-state index is 5.73. The third-order valence-electron chi connectivity index (χ3n) is 3.15. The van der Waals surface area contributed by atoms with Crippen LogP contribution >= 0.6 is 0 Å². The highest BCUT2D eigenvalue weighted by atomic mass is 16.5. The van der Waals surface area contributed by atoms with Gasteiger partial charge in [0.15, 0.2) is 0 Å². The summed E-state index contributed by atoms with van der Waals surface area (Å²) in [5.41, 5.74) is 7.60. The Morgan fingerprint density at radius 2 is 2.53 bits per heavy atom. The van der Waals surface area contributed by atoms with Crippen molar-refractivity contribution in [3.63, 3.8) is 0 Å². The van der Waals surface area contributed by atoms with E-state index < -0.39 is 0 Å². The number of nitrogen functional groups attached to an aromatic ring is 1. The Hall–Kier alpha value is -1.03. The van der Waals surface area contributed by atoms with Gasteiger partial charge in [0.1, 0.15) is 0 Å². The minimum absolute atomic E-state index is 0.762. The zero-order valence-corrected chi connectivity index (χ0v) is 9.28. The van der Waals surface area contributed by atoms with Gasteiger partial charge in [0.2, 0.25) is 0 Å². The molecule has 0 aromatic carbocycles. The Bertz CT molecular complexity index is 316. The van der Waals surface area contributed by atoms with E-state index >= 15 is 0 Å². The van der Waals surface area contributed by atoms with E-state index in [1.165, 1.54) is 12.8 Å². The van der Waals surface area contributed by atoms with Crippen LogP contribution in [0.4, 0.5) is 5.69 Å². The van der Waals surface area contributed by atoms with Crippen molar-refractivity contribution in [3.05, 3.63) is 11.9 Å². The molecule has 4 nitrogen and oxygen atoms in total. The molecule has 0 aliphatic carbocycles. The van der Waals surface area contributed by atoms with Gasteiger partial charge in [-0.15, -0.1) is 0 Å². The molecular formula is C11H19N3O. The first-order valence-corrected chi connectivity index (χ1v) is 5.63. The average Bonchev–Trinajstić information content (AvgIpc) is 2.83. The minimum Gasteiger partial charge on any atom is -0.396 e. The predicted molar refractivity (Wildman–Crippen MR) is 59.5 cm³/mol. The van der Waals surface area contributed by atoms with Crippen molar-refractivity contribution >= 4 is 5.69 Å². The molecule has 1 unspecified atom stereocenters. The molecular weight excluding hydrogens is 190 g/mol. The summed E-state index contributed by atoms with van der Waals surface area (Å²) >= 11 is 0. The highest BCUT2D eigenvalue weighted by molar-refractivity contribution is 5.39. The third kappa shape index (κ3) is 2.50. The summed E-state index contributed by atoms with van der Waals surface area (Å²) in [4.78, 5) is 0. The molecule has 2 N–H and O–H groups in total. The number of nitrogens with two attached hydrogens (primary N) is 1. The van der Waals surface area contributed by atoms with E-state index in [0.717, 1.165) is 43.5 Å². The molecule has 0 radical (unpaired) electrons. The number of hydrogen-bond acceptors (Lipinski definition) is 3. The molecule has 15 heavy (non-hydrogen) atoms. The molecule has 1 aromatic rings. The molecule has 0 bridgehead atoms. The molecule has 1 aliphatic rings. The van der Waals surface area contributed by atoms with Gasteiger partial charge >= 0.3 is 0 Å². The molecule has 1 saturated heterocycles. The molecule has 1 atom stereocenters. The summed E-state index contributed by atoms with van der Waals surface area (Å²) in [6.45, 7) is 4.87. The van der Waals surface area contributed by atoms with Gasteiger partial charge in [-0.2, -0.15) is 5.10 Å². The fourth-order valence-corrected chi connectivity index (χ4v) is 2.03. The molecule has 2 rings (SSSR count). The molecule has 2 heterocycles. The topological polar surface area (TPSA) is 53.1 Å². The molecule has 1 aromatic heterocycles. The summed E-state index contributed by atoms with van der Waals surface area (Å²) in [7, 11) is 0. The Kier molecular flexibility index (Phi) is 3.26. The monoisotopic (exact) mass is 209 g/mol. The number of nitrogens with zero attached hydrogens (tertiary/aromatic N) is 2. The number of ether oxygens (including phenoxy) is 1. The van der Waals surface area contributed by atoms with Gasteiger partial charge in [-0.3, -0.25) is 4.68 Å². The second-order valence-electron chi connectivity index (χ2n) is 4.28. The largest absolute Gasteiger partial charge is 0.396 e. The zero-order chi connectivity index (χ0) is 10.7. The first-order valence-electron chi connectivity index (χ1n) is 5.63. The Balaban J connectivity index is 1.75. The molecule has 4 heteroatoms. The Morgan fingerprint density at radius 1 is 1.67 bits per heavy atom. The smallest absolute Gasteiger partial charge is 0.0730 e. The normalized spacial score (nSPS) is 21.0. The van der Waals surface area contributed by atoms with E-state index in [2.05, 4.69) is 5.10 Å². The first-order chi connectivity index (χ1) is 7.27. The van der Waals surface area contributed by atoms with Crippen LogP contribution in [0.1, 0.15) is 25.0 Å². The van der Waals surface area contributed by atoms with Crippen molar-refractivity contribution in [2.45, 2.75) is 32.7 Å². The minimum atomic E-state index is 0.762. The van der Waals surface area contributed by atoms with E-state index in [9.17, 15) is 0 Å². The fraction of sp³-hybridized carbons (Fsp3) is 0.727.